The summed E-state index contributed by atoms with van der Waals surface area (Å²) in [5, 5.41) is 10.8. The van der Waals surface area contributed by atoms with Gasteiger partial charge < -0.3 is 5.11 Å². The molecule has 1 aromatic carbocycles. The fraction of sp³-hybridized carbons (Fsp3) is 0.647. The number of halogens is 1. The largest absolute Gasteiger partial charge is 0.388 e. The Morgan fingerprint density at radius 1 is 0.895 bits per heavy atom. The number of aliphatic hydroxyl groups is 1. The third-order valence-corrected chi connectivity index (χ3v) is 6.40. The van der Waals surface area contributed by atoms with Crippen molar-refractivity contribution in [2.75, 3.05) is 0 Å². The highest BCUT2D eigenvalue weighted by Crippen LogP contribution is 2.59. The van der Waals surface area contributed by atoms with Crippen LogP contribution in [0, 0.1) is 29.6 Å². The van der Waals surface area contributed by atoms with Crippen LogP contribution in [0.15, 0.2) is 28.7 Å². The molecule has 0 radical (unpaired) electrons. The molecule has 0 aliphatic heterocycles. The number of hydrogen-bond acceptors (Lipinski definition) is 1. The van der Waals surface area contributed by atoms with Gasteiger partial charge in [-0.15, -0.1) is 0 Å². The van der Waals surface area contributed by atoms with E-state index in [0.717, 1.165) is 33.7 Å². The fourth-order valence-electron chi connectivity index (χ4n) is 5.37. The van der Waals surface area contributed by atoms with Gasteiger partial charge in [0.1, 0.15) is 0 Å². The second-order valence-corrected chi connectivity index (χ2v) is 7.92. The first-order valence-corrected chi connectivity index (χ1v) is 8.43. The molecule has 0 spiro atoms. The van der Waals surface area contributed by atoms with Crippen molar-refractivity contribution < 1.29 is 5.11 Å². The van der Waals surface area contributed by atoms with Gasteiger partial charge in [0.2, 0.25) is 0 Å². The zero-order valence-electron chi connectivity index (χ0n) is 11.1. The van der Waals surface area contributed by atoms with E-state index >= 15 is 0 Å². The first-order valence-electron chi connectivity index (χ1n) is 7.64. The van der Waals surface area contributed by atoms with E-state index in [2.05, 4.69) is 40.2 Å². The van der Waals surface area contributed by atoms with Crippen molar-refractivity contribution in [2.24, 2.45) is 29.6 Å². The molecule has 4 saturated carbocycles. The number of aliphatic hydroxyl groups excluding tert-OH is 1. The maximum atomic E-state index is 10.8. The maximum absolute atomic E-state index is 10.8. The highest BCUT2D eigenvalue weighted by Gasteiger charge is 2.50. The summed E-state index contributed by atoms with van der Waals surface area (Å²) < 4.78 is 1.09. The van der Waals surface area contributed by atoms with Gasteiger partial charge in [0.25, 0.3) is 0 Å². The topological polar surface area (TPSA) is 20.2 Å². The van der Waals surface area contributed by atoms with Crippen LogP contribution in [-0.4, -0.2) is 5.11 Å². The van der Waals surface area contributed by atoms with E-state index in [1.54, 1.807) is 0 Å². The van der Waals surface area contributed by atoms with E-state index in [9.17, 15) is 5.11 Å². The normalized spacial score (nSPS) is 41.5. The second-order valence-electron chi connectivity index (χ2n) is 7.00. The van der Waals surface area contributed by atoms with Gasteiger partial charge in [0.15, 0.2) is 0 Å². The molecule has 1 N–H and O–H groups in total. The molecule has 5 rings (SSSR count). The van der Waals surface area contributed by atoms with Crippen molar-refractivity contribution in [3.8, 4) is 0 Å². The number of rotatable bonds is 2. The van der Waals surface area contributed by atoms with Crippen molar-refractivity contribution in [3.63, 3.8) is 0 Å². The first-order chi connectivity index (χ1) is 9.20. The third-order valence-electron chi connectivity index (χ3n) is 5.88. The van der Waals surface area contributed by atoms with Gasteiger partial charge in [-0.25, -0.2) is 0 Å². The zero-order chi connectivity index (χ0) is 13.0. The second kappa shape index (κ2) is 4.60. The van der Waals surface area contributed by atoms with Gasteiger partial charge in [-0.1, -0.05) is 28.1 Å². The van der Waals surface area contributed by atoms with Crippen LogP contribution in [0.1, 0.15) is 43.8 Å². The van der Waals surface area contributed by atoms with Crippen molar-refractivity contribution in [3.05, 3.63) is 34.3 Å². The lowest BCUT2D eigenvalue weighted by atomic mass is 9.50. The molecule has 102 valence electrons. The van der Waals surface area contributed by atoms with Gasteiger partial charge in [0.05, 0.1) is 6.10 Å². The molecule has 1 aromatic rings. The molecule has 4 bridgehead atoms. The molecule has 1 unspecified atom stereocenters. The Bertz CT molecular complexity index is 439. The van der Waals surface area contributed by atoms with Crippen molar-refractivity contribution in [1.29, 1.82) is 0 Å². The van der Waals surface area contributed by atoms with Gasteiger partial charge in [0, 0.05) is 4.47 Å². The molecule has 1 nitrogen and oxygen atoms in total. The van der Waals surface area contributed by atoms with Crippen molar-refractivity contribution in [2.45, 2.75) is 38.2 Å². The first kappa shape index (κ1) is 12.4. The highest BCUT2D eigenvalue weighted by atomic mass is 79.9. The van der Waals surface area contributed by atoms with Crippen LogP contribution in [0.5, 0.6) is 0 Å². The number of benzene rings is 1. The Morgan fingerprint density at radius 2 is 1.42 bits per heavy atom. The summed E-state index contributed by atoms with van der Waals surface area (Å²) >= 11 is 3.47. The molecular formula is C17H21BrO. The predicted molar refractivity (Wildman–Crippen MR) is 79.6 cm³/mol. The van der Waals surface area contributed by atoms with E-state index < -0.39 is 0 Å². The fourth-order valence-corrected chi connectivity index (χ4v) is 5.63. The zero-order valence-corrected chi connectivity index (χ0v) is 12.7. The van der Waals surface area contributed by atoms with Crippen LogP contribution < -0.4 is 0 Å². The molecule has 0 aromatic heterocycles. The van der Waals surface area contributed by atoms with Crippen LogP contribution in [0.3, 0.4) is 0 Å². The van der Waals surface area contributed by atoms with Crippen LogP contribution >= 0.6 is 15.9 Å². The average molecular weight is 321 g/mol. The van der Waals surface area contributed by atoms with Gasteiger partial charge in [-0.2, -0.15) is 0 Å². The van der Waals surface area contributed by atoms with Gasteiger partial charge >= 0.3 is 0 Å². The lowest BCUT2D eigenvalue weighted by Gasteiger charge is -2.55. The number of hydrogen-bond donors (Lipinski definition) is 1. The van der Waals surface area contributed by atoms with E-state index in [-0.39, 0.29) is 6.10 Å². The molecule has 4 fully saturated rings. The summed E-state index contributed by atoms with van der Waals surface area (Å²) in [4.78, 5) is 0. The predicted octanol–water partition coefficient (Wildman–Crippen LogP) is 4.55. The summed E-state index contributed by atoms with van der Waals surface area (Å²) in [7, 11) is 0. The third kappa shape index (κ3) is 2.08. The van der Waals surface area contributed by atoms with Crippen LogP contribution in [0.25, 0.3) is 0 Å². The molecule has 0 amide bonds. The Morgan fingerprint density at radius 3 is 1.95 bits per heavy atom. The van der Waals surface area contributed by atoms with Crippen molar-refractivity contribution in [1.82, 2.24) is 0 Å². The minimum atomic E-state index is -0.247. The quantitative estimate of drug-likeness (QED) is 0.847. The van der Waals surface area contributed by atoms with Crippen molar-refractivity contribution >= 4 is 15.9 Å². The molecule has 4 aliphatic rings. The SMILES string of the molecule is OC(c1ccc(Br)cc1)C1C2CC3CC(C2)CC1C3. The Labute approximate surface area is 123 Å². The average Bonchev–Trinajstić information content (AvgIpc) is 2.38. The Hall–Kier alpha value is -0.340. The Kier molecular flexibility index (Phi) is 3.00. The smallest absolute Gasteiger partial charge is 0.0823 e. The highest BCUT2D eigenvalue weighted by molar-refractivity contribution is 9.10. The Balaban J connectivity index is 1.60. The molecule has 1 atom stereocenters. The molecule has 0 saturated heterocycles. The maximum Gasteiger partial charge on any atom is 0.0823 e. The van der Waals surface area contributed by atoms with E-state index in [1.165, 1.54) is 32.1 Å². The standard InChI is InChI=1S/C17H21BrO/c18-15-3-1-12(2-4-15)17(19)16-13-6-10-5-11(8-13)9-14(16)7-10/h1-4,10-11,13-14,16-17,19H,5-9H2. The lowest BCUT2D eigenvalue weighted by molar-refractivity contribution is -0.0908. The molecule has 4 aliphatic carbocycles. The van der Waals surface area contributed by atoms with Crippen LogP contribution in [-0.2, 0) is 0 Å². The minimum Gasteiger partial charge on any atom is -0.388 e. The van der Waals surface area contributed by atoms with Crippen LogP contribution in [0.2, 0.25) is 0 Å². The molecule has 19 heavy (non-hydrogen) atoms. The summed E-state index contributed by atoms with van der Waals surface area (Å²) in [6, 6.07) is 8.27. The molecular weight excluding hydrogens is 300 g/mol. The summed E-state index contributed by atoms with van der Waals surface area (Å²) in [6.45, 7) is 0. The van der Waals surface area contributed by atoms with E-state index in [1.807, 2.05) is 0 Å². The monoisotopic (exact) mass is 320 g/mol. The lowest BCUT2D eigenvalue weighted by Crippen LogP contribution is -2.47. The van der Waals surface area contributed by atoms with E-state index in [0.29, 0.717) is 5.92 Å². The van der Waals surface area contributed by atoms with Crippen LogP contribution in [0.4, 0.5) is 0 Å². The van der Waals surface area contributed by atoms with Gasteiger partial charge in [-0.05, 0) is 79.4 Å². The summed E-state index contributed by atoms with van der Waals surface area (Å²) in [5.41, 5.74) is 1.11. The van der Waals surface area contributed by atoms with E-state index in [4.69, 9.17) is 0 Å². The molecule has 2 heteroatoms. The minimum absolute atomic E-state index is 0.247. The summed E-state index contributed by atoms with van der Waals surface area (Å²) in [5.74, 6) is 4.06. The molecule has 0 heterocycles. The summed E-state index contributed by atoms with van der Waals surface area (Å²) in [6.07, 6.45) is 6.75. The van der Waals surface area contributed by atoms with Gasteiger partial charge in [-0.3, -0.25) is 0 Å².